The Labute approximate surface area is 158 Å². The number of pyridine rings is 1. The monoisotopic (exact) mass is 381 g/mol. The number of carbonyl (C=O) groups excluding carboxylic acids is 3. The molecule has 0 aliphatic heterocycles. The van der Waals surface area contributed by atoms with Crippen LogP contribution in [0.4, 0.5) is 4.79 Å². The fourth-order valence-corrected chi connectivity index (χ4v) is 2.04. The van der Waals surface area contributed by atoms with Crippen LogP contribution in [0.3, 0.4) is 0 Å². The molecule has 1 atom stereocenters. The third-order valence-corrected chi connectivity index (χ3v) is 3.10. The summed E-state index contributed by atoms with van der Waals surface area (Å²) in [5.41, 5.74) is -0.126. The SMILES string of the molecule is CCOC(=O)C(Cc1cccc(OC)n1)NC(=O)CNC(=O)OC(C)(C)C. The molecule has 0 aliphatic rings. The maximum atomic E-state index is 12.2. The lowest BCUT2D eigenvalue weighted by atomic mass is 10.1. The number of nitrogens with one attached hydrogen (secondary N) is 2. The van der Waals surface area contributed by atoms with Crippen LogP contribution < -0.4 is 15.4 Å². The van der Waals surface area contributed by atoms with Gasteiger partial charge in [-0.25, -0.2) is 14.6 Å². The Hall–Kier alpha value is -2.84. The van der Waals surface area contributed by atoms with Gasteiger partial charge in [0.15, 0.2) is 0 Å². The topological polar surface area (TPSA) is 116 Å². The van der Waals surface area contributed by atoms with Gasteiger partial charge in [-0.2, -0.15) is 0 Å². The zero-order valence-corrected chi connectivity index (χ0v) is 16.3. The van der Waals surface area contributed by atoms with Crippen LogP contribution in [0.5, 0.6) is 5.88 Å². The summed E-state index contributed by atoms with van der Waals surface area (Å²) in [4.78, 5) is 40.1. The Morgan fingerprint density at radius 2 is 1.93 bits per heavy atom. The molecule has 2 N–H and O–H groups in total. The number of esters is 1. The molecule has 0 saturated heterocycles. The molecule has 1 aromatic heterocycles. The summed E-state index contributed by atoms with van der Waals surface area (Å²) in [5.74, 6) is -0.748. The van der Waals surface area contributed by atoms with E-state index in [1.807, 2.05) is 0 Å². The van der Waals surface area contributed by atoms with E-state index in [2.05, 4.69) is 15.6 Å². The summed E-state index contributed by atoms with van der Waals surface area (Å²) in [6, 6.07) is 4.17. The number of aromatic nitrogens is 1. The molecule has 0 bridgehead atoms. The van der Waals surface area contributed by atoms with Crippen LogP contribution in [0.2, 0.25) is 0 Å². The molecule has 27 heavy (non-hydrogen) atoms. The molecule has 0 saturated carbocycles. The van der Waals surface area contributed by atoms with E-state index in [4.69, 9.17) is 14.2 Å². The van der Waals surface area contributed by atoms with E-state index in [0.29, 0.717) is 11.6 Å². The molecule has 2 amide bonds. The van der Waals surface area contributed by atoms with Gasteiger partial charge < -0.3 is 24.8 Å². The predicted octanol–water partition coefficient (Wildman–Crippen LogP) is 1.21. The molecular formula is C18H27N3O6. The van der Waals surface area contributed by atoms with Crippen molar-refractivity contribution >= 4 is 18.0 Å². The lowest BCUT2D eigenvalue weighted by Crippen LogP contribution is -2.47. The van der Waals surface area contributed by atoms with Gasteiger partial charge in [-0.05, 0) is 33.8 Å². The lowest BCUT2D eigenvalue weighted by Gasteiger charge is -2.20. The Morgan fingerprint density at radius 3 is 2.52 bits per heavy atom. The second-order valence-electron chi connectivity index (χ2n) is 6.60. The van der Waals surface area contributed by atoms with Gasteiger partial charge in [0.2, 0.25) is 11.8 Å². The van der Waals surface area contributed by atoms with Crippen LogP contribution >= 0.6 is 0 Å². The number of hydrogen-bond acceptors (Lipinski definition) is 7. The molecule has 1 rings (SSSR count). The largest absolute Gasteiger partial charge is 0.481 e. The number of carbonyl (C=O) groups is 3. The number of nitrogens with zero attached hydrogens (tertiary/aromatic N) is 1. The van der Waals surface area contributed by atoms with Crippen LogP contribution in [0, 0.1) is 0 Å². The van der Waals surface area contributed by atoms with Crippen molar-refractivity contribution in [1.29, 1.82) is 0 Å². The molecule has 0 fully saturated rings. The number of ether oxygens (including phenoxy) is 3. The van der Waals surface area contributed by atoms with Crippen molar-refractivity contribution in [2.24, 2.45) is 0 Å². The van der Waals surface area contributed by atoms with E-state index in [1.54, 1.807) is 45.9 Å². The second-order valence-corrected chi connectivity index (χ2v) is 6.60. The number of amides is 2. The molecule has 0 radical (unpaired) electrons. The van der Waals surface area contributed by atoms with Crippen molar-refractivity contribution in [1.82, 2.24) is 15.6 Å². The third-order valence-electron chi connectivity index (χ3n) is 3.10. The van der Waals surface area contributed by atoms with Crippen LogP contribution in [0.1, 0.15) is 33.4 Å². The number of methoxy groups -OCH3 is 1. The summed E-state index contributed by atoms with van der Waals surface area (Å²) < 4.78 is 15.1. The van der Waals surface area contributed by atoms with Crippen LogP contribution in [-0.2, 0) is 25.5 Å². The molecule has 1 aromatic rings. The number of hydrogen-bond donors (Lipinski definition) is 2. The maximum absolute atomic E-state index is 12.2. The molecule has 1 heterocycles. The smallest absolute Gasteiger partial charge is 0.408 e. The average molecular weight is 381 g/mol. The van der Waals surface area contributed by atoms with E-state index < -0.39 is 29.6 Å². The summed E-state index contributed by atoms with van der Waals surface area (Å²) in [6.07, 6.45) is -0.603. The van der Waals surface area contributed by atoms with Crippen molar-refractivity contribution < 1.29 is 28.6 Å². The average Bonchev–Trinajstić information content (AvgIpc) is 2.58. The van der Waals surface area contributed by atoms with Crippen molar-refractivity contribution in [3.8, 4) is 5.88 Å². The van der Waals surface area contributed by atoms with Crippen LogP contribution in [-0.4, -0.2) is 54.9 Å². The van der Waals surface area contributed by atoms with Crippen molar-refractivity contribution in [2.75, 3.05) is 20.3 Å². The highest BCUT2D eigenvalue weighted by Crippen LogP contribution is 2.09. The number of rotatable bonds is 8. The highest BCUT2D eigenvalue weighted by atomic mass is 16.6. The normalized spacial score (nSPS) is 11.9. The van der Waals surface area contributed by atoms with Gasteiger partial charge in [0, 0.05) is 18.2 Å². The first-order chi connectivity index (χ1) is 12.6. The first-order valence-electron chi connectivity index (χ1n) is 8.57. The summed E-state index contributed by atoms with van der Waals surface area (Å²) in [5, 5.41) is 4.88. The Bertz CT molecular complexity index is 657. The fraction of sp³-hybridized carbons (Fsp3) is 0.556. The quantitative estimate of drug-likeness (QED) is 0.650. The zero-order valence-electron chi connectivity index (χ0n) is 16.3. The Balaban J connectivity index is 2.69. The second kappa shape index (κ2) is 10.3. The van der Waals surface area contributed by atoms with Crippen molar-refractivity contribution in [3.63, 3.8) is 0 Å². The van der Waals surface area contributed by atoms with Crippen LogP contribution in [0.15, 0.2) is 18.2 Å². The summed E-state index contributed by atoms with van der Waals surface area (Å²) >= 11 is 0. The Kier molecular flexibility index (Phi) is 8.50. The van der Waals surface area contributed by atoms with Crippen molar-refractivity contribution in [3.05, 3.63) is 23.9 Å². The van der Waals surface area contributed by atoms with E-state index in [1.165, 1.54) is 7.11 Å². The lowest BCUT2D eigenvalue weighted by molar-refractivity contribution is -0.147. The maximum Gasteiger partial charge on any atom is 0.408 e. The molecular weight excluding hydrogens is 354 g/mol. The van der Waals surface area contributed by atoms with Gasteiger partial charge in [0.25, 0.3) is 0 Å². The molecule has 0 aliphatic carbocycles. The van der Waals surface area contributed by atoms with E-state index in [-0.39, 0.29) is 19.6 Å². The molecule has 0 aromatic carbocycles. The minimum absolute atomic E-state index is 0.119. The summed E-state index contributed by atoms with van der Waals surface area (Å²) in [6.45, 7) is 6.65. The van der Waals surface area contributed by atoms with Crippen molar-refractivity contribution in [2.45, 2.75) is 45.8 Å². The summed E-state index contributed by atoms with van der Waals surface area (Å²) in [7, 11) is 1.49. The van der Waals surface area contributed by atoms with E-state index in [0.717, 1.165) is 0 Å². The molecule has 150 valence electrons. The highest BCUT2D eigenvalue weighted by molar-refractivity contribution is 5.87. The highest BCUT2D eigenvalue weighted by Gasteiger charge is 2.24. The minimum atomic E-state index is -0.947. The van der Waals surface area contributed by atoms with Crippen LogP contribution in [0.25, 0.3) is 0 Å². The zero-order chi connectivity index (χ0) is 20.4. The Morgan fingerprint density at radius 1 is 1.22 bits per heavy atom. The standard InChI is InChI=1S/C18H27N3O6/c1-6-26-16(23)13(10-12-8-7-9-15(20-12)25-5)21-14(22)11-19-17(24)27-18(2,3)4/h7-9,13H,6,10-11H2,1-5H3,(H,19,24)(H,21,22). The first-order valence-corrected chi connectivity index (χ1v) is 8.57. The number of alkyl carbamates (subject to hydrolysis) is 1. The molecule has 9 nitrogen and oxygen atoms in total. The third kappa shape index (κ3) is 8.89. The van der Waals surface area contributed by atoms with Gasteiger partial charge in [0.1, 0.15) is 18.2 Å². The van der Waals surface area contributed by atoms with Gasteiger partial charge in [-0.3, -0.25) is 4.79 Å². The first kappa shape index (κ1) is 22.2. The fourth-order valence-electron chi connectivity index (χ4n) is 2.04. The van der Waals surface area contributed by atoms with E-state index in [9.17, 15) is 14.4 Å². The molecule has 0 spiro atoms. The predicted molar refractivity (Wildman–Crippen MR) is 97.3 cm³/mol. The van der Waals surface area contributed by atoms with E-state index >= 15 is 0 Å². The van der Waals surface area contributed by atoms with Gasteiger partial charge in [-0.1, -0.05) is 6.07 Å². The molecule has 1 unspecified atom stereocenters. The van der Waals surface area contributed by atoms with Gasteiger partial charge in [0.05, 0.1) is 13.7 Å². The minimum Gasteiger partial charge on any atom is -0.481 e. The molecule has 9 heteroatoms. The van der Waals surface area contributed by atoms with Gasteiger partial charge >= 0.3 is 12.1 Å². The van der Waals surface area contributed by atoms with Gasteiger partial charge in [-0.15, -0.1) is 0 Å².